The maximum atomic E-state index is 13.7. The van der Waals surface area contributed by atoms with Crippen LogP contribution in [0.4, 0.5) is 0 Å². The molecule has 4 rings (SSSR count). The first kappa shape index (κ1) is 27.3. The van der Waals surface area contributed by atoms with Crippen LogP contribution in [0.25, 0.3) is 0 Å². The van der Waals surface area contributed by atoms with Crippen LogP contribution in [0.3, 0.4) is 0 Å². The molecule has 37 heavy (non-hydrogen) atoms. The van der Waals surface area contributed by atoms with Gasteiger partial charge < -0.3 is 15.0 Å². The third-order valence-corrected chi connectivity index (χ3v) is 7.48. The van der Waals surface area contributed by atoms with Crippen molar-refractivity contribution in [1.82, 2.24) is 10.2 Å². The summed E-state index contributed by atoms with van der Waals surface area (Å²) in [7, 11) is 0. The first-order valence-electron chi connectivity index (χ1n) is 12.3. The molecule has 1 aliphatic rings. The van der Waals surface area contributed by atoms with E-state index in [2.05, 4.69) is 5.32 Å². The number of hydrogen-bond donors (Lipinski definition) is 1. The van der Waals surface area contributed by atoms with Gasteiger partial charge in [0.15, 0.2) is 6.61 Å². The summed E-state index contributed by atoms with van der Waals surface area (Å²) in [6.45, 7) is -0.0553. The number of ether oxygens (including phenoxy) is 1. The lowest BCUT2D eigenvalue weighted by Crippen LogP contribution is -2.53. The Morgan fingerprint density at radius 1 is 0.892 bits per heavy atom. The van der Waals surface area contributed by atoms with Crippen molar-refractivity contribution in [2.24, 2.45) is 0 Å². The molecule has 0 spiro atoms. The Bertz CT molecular complexity index is 1200. The lowest BCUT2D eigenvalue weighted by atomic mass is 10.0. The molecule has 0 aliphatic heterocycles. The molecule has 194 valence electrons. The molecule has 0 saturated heterocycles. The quantitative estimate of drug-likeness (QED) is 0.300. The number of halogens is 3. The third-order valence-electron chi connectivity index (χ3n) is 6.49. The van der Waals surface area contributed by atoms with Crippen molar-refractivity contribution in [3.8, 4) is 5.75 Å². The number of rotatable bonds is 10. The molecule has 0 radical (unpaired) electrons. The Morgan fingerprint density at radius 2 is 1.59 bits per heavy atom. The number of benzene rings is 3. The van der Waals surface area contributed by atoms with Crippen LogP contribution in [-0.2, 0) is 22.6 Å². The van der Waals surface area contributed by atoms with Crippen LogP contribution >= 0.6 is 34.8 Å². The normalized spacial score (nSPS) is 14.2. The summed E-state index contributed by atoms with van der Waals surface area (Å²) in [6.07, 6.45) is 4.45. The number of nitrogens with zero attached hydrogens (tertiary/aromatic N) is 1. The Balaban J connectivity index is 1.62. The Morgan fingerprint density at radius 3 is 2.27 bits per heavy atom. The van der Waals surface area contributed by atoms with E-state index in [9.17, 15) is 9.59 Å². The molecule has 1 atom stereocenters. The molecule has 1 aliphatic carbocycles. The summed E-state index contributed by atoms with van der Waals surface area (Å²) in [4.78, 5) is 28.9. The van der Waals surface area contributed by atoms with Gasteiger partial charge in [-0.05, 0) is 60.4 Å². The van der Waals surface area contributed by atoms with E-state index in [1.807, 2.05) is 36.4 Å². The average Bonchev–Trinajstić information content (AvgIpc) is 3.41. The molecule has 3 aromatic carbocycles. The highest BCUT2D eigenvalue weighted by molar-refractivity contribution is 6.42. The van der Waals surface area contributed by atoms with E-state index in [0.29, 0.717) is 27.2 Å². The topological polar surface area (TPSA) is 58.6 Å². The van der Waals surface area contributed by atoms with E-state index < -0.39 is 6.04 Å². The van der Waals surface area contributed by atoms with Crippen LogP contribution in [-0.4, -0.2) is 35.4 Å². The largest absolute Gasteiger partial charge is 0.484 e. The van der Waals surface area contributed by atoms with Crippen LogP contribution in [0.1, 0.15) is 36.8 Å². The van der Waals surface area contributed by atoms with E-state index in [1.165, 1.54) is 0 Å². The van der Waals surface area contributed by atoms with Gasteiger partial charge in [-0.15, -0.1) is 0 Å². The Hall–Kier alpha value is -2.73. The lowest BCUT2D eigenvalue weighted by molar-refractivity contribution is -0.143. The predicted octanol–water partition coefficient (Wildman–Crippen LogP) is 6.72. The minimum Gasteiger partial charge on any atom is -0.484 e. The lowest BCUT2D eigenvalue weighted by Gasteiger charge is -2.32. The van der Waals surface area contributed by atoms with Crippen molar-refractivity contribution < 1.29 is 14.3 Å². The highest BCUT2D eigenvalue weighted by Crippen LogP contribution is 2.25. The monoisotopic (exact) mass is 558 g/mol. The fourth-order valence-corrected chi connectivity index (χ4v) is 4.96. The van der Waals surface area contributed by atoms with Gasteiger partial charge >= 0.3 is 0 Å². The van der Waals surface area contributed by atoms with Crippen molar-refractivity contribution >= 4 is 46.6 Å². The number of carbonyl (C=O) groups excluding carboxylic acids is 2. The van der Waals surface area contributed by atoms with Gasteiger partial charge in [-0.2, -0.15) is 0 Å². The van der Waals surface area contributed by atoms with Gasteiger partial charge in [0, 0.05) is 24.0 Å². The molecule has 0 heterocycles. The zero-order valence-electron chi connectivity index (χ0n) is 20.3. The molecule has 8 heteroatoms. The first-order valence-corrected chi connectivity index (χ1v) is 13.5. The van der Waals surface area contributed by atoms with Crippen LogP contribution in [0.5, 0.6) is 5.75 Å². The number of carbonyl (C=O) groups is 2. The second-order valence-electron chi connectivity index (χ2n) is 9.21. The Labute approximate surface area is 232 Å². The minimum absolute atomic E-state index is 0.123. The summed E-state index contributed by atoms with van der Waals surface area (Å²) >= 11 is 18.4. The number of amides is 2. The van der Waals surface area contributed by atoms with Gasteiger partial charge in [-0.3, -0.25) is 9.59 Å². The summed E-state index contributed by atoms with van der Waals surface area (Å²) in [5.41, 5.74) is 1.72. The fraction of sp³-hybridized carbons (Fsp3) is 0.310. The van der Waals surface area contributed by atoms with E-state index in [4.69, 9.17) is 39.5 Å². The summed E-state index contributed by atoms with van der Waals surface area (Å²) in [5.74, 6) is 0.0291. The minimum atomic E-state index is -0.737. The maximum absolute atomic E-state index is 13.7. The highest BCUT2D eigenvalue weighted by atomic mass is 35.5. The molecule has 5 nitrogen and oxygen atoms in total. The van der Waals surface area contributed by atoms with Gasteiger partial charge in [-0.1, -0.05) is 84.0 Å². The first-order chi connectivity index (χ1) is 17.9. The van der Waals surface area contributed by atoms with E-state index in [-0.39, 0.29) is 31.0 Å². The number of nitrogens with one attached hydrogen (secondary N) is 1. The van der Waals surface area contributed by atoms with Gasteiger partial charge in [0.1, 0.15) is 11.8 Å². The van der Waals surface area contributed by atoms with Crippen molar-refractivity contribution in [3.63, 3.8) is 0 Å². The van der Waals surface area contributed by atoms with Gasteiger partial charge in [0.25, 0.3) is 5.91 Å². The smallest absolute Gasteiger partial charge is 0.261 e. The molecule has 2 amide bonds. The standard InChI is InChI=1S/C29H29Cl3N2O3/c30-22-11-13-24(14-12-22)37-19-28(35)34(18-21-10-15-25(31)26(32)16-21)27(17-20-6-2-1-3-7-20)29(36)33-23-8-4-5-9-23/h1-3,6-7,10-16,23,27H,4-5,8-9,17-19H2,(H,33,36)/t27-/m1/s1. The summed E-state index contributed by atoms with van der Waals surface area (Å²) < 4.78 is 5.77. The molecule has 1 N–H and O–H groups in total. The molecule has 0 unspecified atom stereocenters. The van der Waals surface area contributed by atoms with Gasteiger partial charge in [0.05, 0.1) is 10.0 Å². The van der Waals surface area contributed by atoms with Crippen LogP contribution in [0.2, 0.25) is 15.1 Å². The zero-order chi connectivity index (χ0) is 26.2. The van der Waals surface area contributed by atoms with Gasteiger partial charge in [0.2, 0.25) is 5.91 Å². The van der Waals surface area contributed by atoms with E-state index >= 15 is 0 Å². The number of hydrogen-bond acceptors (Lipinski definition) is 3. The summed E-state index contributed by atoms with van der Waals surface area (Å²) in [5, 5.41) is 4.57. The van der Waals surface area contributed by atoms with Crippen LogP contribution in [0.15, 0.2) is 72.8 Å². The molecular formula is C29H29Cl3N2O3. The molecule has 0 aromatic heterocycles. The second-order valence-corrected chi connectivity index (χ2v) is 10.5. The fourth-order valence-electron chi connectivity index (χ4n) is 4.51. The average molecular weight is 560 g/mol. The van der Waals surface area contributed by atoms with Crippen molar-refractivity contribution in [3.05, 3.63) is 99.0 Å². The van der Waals surface area contributed by atoms with Crippen molar-refractivity contribution in [1.29, 1.82) is 0 Å². The second kappa shape index (κ2) is 13.2. The molecule has 1 fully saturated rings. The van der Waals surface area contributed by atoms with Crippen LogP contribution in [0, 0.1) is 0 Å². The highest BCUT2D eigenvalue weighted by Gasteiger charge is 2.32. The Kier molecular flexibility index (Phi) is 9.73. The van der Waals surface area contributed by atoms with Gasteiger partial charge in [-0.25, -0.2) is 0 Å². The molecule has 1 saturated carbocycles. The predicted molar refractivity (Wildman–Crippen MR) is 148 cm³/mol. The van der Waals surface area contributed by atoms with Crippen molar-refractivity contribution in [2.75, 3.05) is 6.61 Å². The summed E-state index contributed by atoms with van der Waals surface area (Å²) in [6, 6.07) is 21.1. The van der Waals surface area contributed by atoms with Crippen molar-refractivity contribution in [2.45, 2.75) is 50.7 Å². The third kappa shape index (κ3) is 7.88. The SMILES string of the molecule is O=C(NC1CCCC1)[C@@H](Cc1ccccc1)N(Cc1ccc(Cl)c(Cl)c1)C(=O)COc1ccc(Cl)cc1. The molecule has 3 aromatic rings. The zero-order valence-corrected chi connectivity index (χ0v) is 22.6. The van der Waals surface area contributed by atoms with Crippen LogP contribution < -0.4 is 10.1 Å². The molecular weight excluding hydrogens is 531 g/mol. The van der Waals surface area contributed by atoms with E-state index in [1.54, 1.807) is 41.3 Å². The molecule has 0 bridgehead atoms. The maximum Gasteiger partial charge on any atom is 0.261 e. The van der Waals surface area contributed by atoms with E-state index in [0.717, 1.165) is 36.8 Å².